The summed E-state index contributed by atoms with van der Waals surface area (Å²) in [5, 5.41) is 0. The Labute approximate surface area is 117 Å². The Kier molecular flexibility index (Phi) is 5.39. The number of hydrogen-bond donors (Lipinski definition) is 2. The van der Waals surface area contributed by atoms with E-state index in [2.05, 4.69) is 26.0 Å². The van der Waals surface area contributed by atoms with E-state index in [0.29, 0.717) is 5.92 Å². The highest BCUT2D eigenvalue weighted by Crippen LogP contribution is 2.30. The van der Waals surface area contributed by atoms with Crippen LogP contribution in [-0.4, -0.2) is 12.6 Å². The van der Waals surface area contributed by atoms with Crippen LogP contribution in [-0.2, 0) is 0 Å². The van der Waals surface area contributed by atoms with Gasteiger partial charge in [0, 0.05) is 17.1 Å². The van der Waals surface area contributed by atoms with Gasteiger partial charge in [0.2, 0.25) is 0 Å². The number of hydrogen-bond acceptors (Lipinski definition) is 3. The van der Waals surface area contributed by atoms with Gasteiger partial charge in [-0.2, -0.15) is 0 Å². The van der Waals surface area contributed by atoms with Crippen LogP contribution in [0.25, 0.3) is 0 Å². The van der Waals surface area contributed by atoms with E-state index in [1.165, 1.54) is 5.56 Å². The van der Waals surface area contributed by atoms with Gasteiger partial charge in [-0.25, -0.2) is 0 Å². The Bertz CT molecular complexity index is 408. The lowest BCUT2D eigenvalue weighted by Gasteiger charge is -2.23. The minimum atomic E-state index is -0.180. The topological polar surface area (TPSA) is 61.3 Å². The van der Waals surface area contributed by atoms with Crippen molar-refractivity contribution in [2.45, 2.75) is 58.0 Å². The van der Waals surface area contributed by atoms with E-state index in [9.17, 15) is 0 Å². The molecular formula is C16H28N2O. The van der Waals surface area contributed by atoms with Crippen molar-refractivity contribution in [2.24, 2.45) is 11.5 Å². The Hall–Kier alpha value is -1.06. The Morgan fingerprint density at radius 2 is 1.89 bits per heavy atom. The second-order valence-electron chi connectivity index (χ2n) is 6.29. The standard InChI is InChI=1S/C16H28N2O/c1-11(2)12-6-7-15(19-5)13(10-12)14(17)8-9-16(3,4)18/h6-7,10-11,14H,8-9,17-18H2,1-5H3. The van der Waals surface area contributed by atoms with E-state index in [0.717, 1.165) is 24.2 Å². The van der Waals surface area contributed by atoms with Crippen LogP contribution in [0, 0.1) is 0 Å². The van der Waals surface area contributed by atoms with Crippen molar-refractivity contribution in [2.75, 3.05) is 7.11 Å². The molecule has 0 aliphatic rings. The van der Waals surface area contributed by atoms with Gasteiger partial charge in [0.05, 0.1) is 7.11 Å². The van der Waals surface area contributed by atoms with Crippen molar-refractivity contribution in [1.82, 2.24) is 0 Å². The minimum Gasteiger partial charge on any atom is -0.496 e. The maximum Gasteiger partial charge on any atom is 0.123 e. The van der Waals surface area contributed by atoms with E-state index in [1.54, 1.807) is 7.11 Å². The highest BCUT2D eigenvalue weighted by molar-refractivity contribution is 5.40. The molecule has 0 heterocycles. The zero-order chi connectivity index (χ0) is 14.6. The molecule has 0 aromatic heterocycles. The molecule has 0 saturated heterocycles. The average Bonchev–Trinajstić information content (AvgIpc) is 2.34. The summed E-state index contributed by atoms with van der Waals surface area (Å²) in [7, 11) is 1.69. The Morgan fingerprint density at radius 3 is 2.37 bits per heavy atom. The largest absolute Gasteiger partial charge is 0.496 e. The number of methoxy groups -OCH3 is 1. The third-order valence-electron chi connectivity index (χ3n) is 3.42. The van der Waals surface area contributed by atoms with Crippen molar-refractivity contribution in [3.05, 3.63) is 29.3 Å². The molecule has 1 rings (SSSR count). The minimum absolute atomic E-state index is 0.0310. The van der Waals surface area contributed by atoms with Gasteiger partial charge in [0.1, 0.15) is 5.75 Å². The predicted octanol–water partition coefficient (Wildman–Crippen LogP) is 3.34. The van der Waals surface area contributed by atoms with Gasteiger partial charge in [-0.15, -0.1) is 0 Å². The Balaban J connectivity index is 2.92. The van der Waals surface area contributed by atoms with Crippen LogP contribution in [0.4, 0.5) is 0 Å². The summed E-state index contributed by atoms with van der Waals surface area (Å²) in [6, 6.07) is 6.25. The molecule has 3 nitrogen and oxygen atoms in total. The van der Waals surface area contributed by atoms with E-state index in [-0.39, 0.29) is 11.6 Å². The number of ether oxygens (including phenoxy) is 1. The van der Waals surface area contributed by atoms with E-state index >= 15 is 0 Å². The molecule has 0 spiro atoms. The quantitative estimate of drug-likeness (QED) is 0.828. The van der Waals surface area contributed by atoms with Crippen molar-refractivity contribution >= 4 is 0 Å². The SMILES string of the molecule is COc1ccc(C(C)C)cc1C(N)CCC(C)(C)N. The lowest BCUT2D eigenvalue weighted by molar-refractivity contribution is 0.394. The third-order valence-corrected chi connectivity index (χ3v) is 3.42. The monoisotopic (exact) mass is 264 g/mol. The Morgan fingerprint density at radius 1 is 1.26 bits per heavy atom. The molecule has 0 aliphatic heterocycles. The van der Waals surface area contributed by atoms with Gasteiger partial charge in [-0.3, -0.25) is 0 Å². The zero-order valence-electron chi connectivity index (χ0n) is 12.9. The molecule has 3 heteroatoms. The van der Waals surface area contributed by atoms with Crippen LogP contribution in [0.1, 0.15) is 63.6 Å². The third kappa shape index (κ3) is 4.84. The van der Waals surface area contributed by atoms with Crippen LogP contribution in [0.2, 0.25) is 0 Å². The fourth-order valence-corrected chi connectivity index (χ4v) is 2.08. The molecule has 1 aromatic carbocycles. The second kappa shape index (κ2) is 6.40. The average molecular weight is 264 g/mol. The number of rotatable bonds is 6. The molecule has 1 unspecified atom stereocenters. The highest BCUT2D eigenvalue weighted by Gasteiger charge is 2.17. The summed E-state index contributed by atoms with van der Waals surface area (Å²) in [4.78, 5) is 0. The molecule has 0 saturated carbocycles. The molecule has 0 fully saturated rings. The fourth-order valence-electron chi connectivity index (χ4n) is 2.08. The number of nitrogens with two attached hydrogens (primary N) is 2. The maximum atomic E-state index is 6.31. The maximum absolute atomic E-state index is 6.31. The van der Waals surface area contributed by atoms with Gasteiger partial charge in [0.15, 0.2) is 0 Å². The fraction of sp³-hybridized carbons (Fsp3) is 0.625. The molecule has 0 bridgehead atoms. The number of benzene rings is 1. The second-order valence-corrected chi connectivity index (χ2v) is 6.29. The van der Waals surface area contributed by atoms with Crippen molar-refractivity contribution < 1.29 is 4.74 Å². The first-order chi connectivity index (χ1) is 8.74. The van der Waals surface area contributed by atoms with Crippen LogP contribution < -0.4 is 16.2 Å². The molecule has 1 aromatic rings. The van der Waals surface area contributed by atoms with Gasteiger partial charge in [-0.1, -0.05) is 26.0 Å². The highest BCUT2D eigenvalue weighted by atomic mass is 16.5. The molecular weight excluding hydrogens is 236 g/mol. The summed E-state index contributed by atoms with van der Waals surface area (Å²) in [5.74, 6) is 1.36. The smallest absolute Gasteiger partial charge is 0.123 e. The van der Waals surface area contributed by atoms with Crippen LogP contribution in [0.5, 0.6) is 5.75 Å². The van der Waals surface area contributed by atoms with Gasteiger partial charge < -0.3 is 16.2 Å². The van der Waals surface area contributed by atoms with E-state index in [1.807, 2.05) is 19.9 Å². The summed E-state index contributed by atoms with van der Waals surface area (Å²) in [6.07, 6.45) is 1.75. The normalized spacial score (nSPS) is 13.7. The first-order valence-corrected chi connectivity index (χ1v) is 6.97. The van der Waals surface area contributed by atoms with E-state index < -0.39 is 0 Å². The first kappa shape index (κ1) is 16.0. The summed E-state index contributed by atoms with van der Waals surface area (Å²) in [6.45, 7) is 8.42. The molecule has 0 amide bonds. The predicted molar refractivity (Wildman–Crippen MR) is 81.5 cm³/mol. The zero-order valence-corrected chi connectivity index (χ0v) is 12.9. The van der Waals surface area contributed by atoms with Gasteiger partial charge in [0.25, 0.3) is 0 Å². The van der Waals surface area contributed by atoms with E-state index in [4.69, 9.17) is 16.2 Å². The van der Waals surface area contributed by atoms with Gasteiger partial charge >= 0.3 is 0 Å². The summed E-state index contributed by atoms with van der Waals surface area (Å²) < 4.78 is 5.42. The summed E-state index contributed by atoms with van der Waals surface area (Å²) in [5.41, 5.74) is 14.5. The van der Waals surface area contributed by atoms with Crippen molar-refractivity contribution in [3.8, 4) is 5.75 Å². The molecule has 0 aliphatic carbocycles. The van der Waals surface area contributed by atoms with Gasteiger partial charge in [-0.05, 0) is 44.2 Å². The molecule has 4 N–H and O–H groups in total. The molecule has 108 valence electrons. The first-order valence-electron chi connectivity index (χ1n) is 6.97. The molecule has 1 atom stereocenters. The van der Waals surface area contributed by atoms with Crippen LogP contribution in [0.3, 0.4) is 0 Å². The van der Waals surface area contributed by atoms with Crippen LogP contribution in [0.15, 0.2) is 18.2 Å². The lowest BCUT2D eigenvalue weighted by atomic mass is 9.91. The summed E-state index contributed by atoms with van der Waals surface area (Å²) >= 11 is 0. The van der Waals surface area contributed by atoms with Crippen molar-refractivity contribution in [3.63, 3.8) is 0 Å². The van der Waals surface area contributed by atoms with Crippen LogP contribution >= 0.6 is 0 Å². The molecule has 19 heavy (non-hydrogen) atoms. The molecule has 0 radical (unpaired) electrons. The lowest BCUT2D eigenvalue weighted by Crippen LogP contribution is -2.32. The van der Waals surface area contributed by atoms with Crippen molar-refractivity contribution in [1.29, 1.82) is 0 Å².